The minimum atomic E-state index is -1.13. The van der Waals surface area contributed by atoms with Crippen molar-refractivity contribution in [3.8, 4) is 17.0 Å². The van der Waals surface area contributed by atoms with Crippen LogP contribution in [0, 0.1) is 0 Å². The highest BCUT2D eigenvalue weighted by atomic mass is 16.6. The van der Waals surface area contributed by atoms with Crippen LogP contribution >= 0.6 is 0 Å². The summed E-state index contributed by atoms with van der Waals surface area (Å²) in [5.74, 6) is 0.131. The lowest BCUT2D eigenvalue weighted by Crippen LogP contribution is -2.39. The summed E-state index contributed by atoms with van der Waals surface area (Å²) in [4.78, 5) is 12.3. The first-order chi connectivity index (χ1) is 14.4. The van der Waals surface area contributed by atoms with Crippen LogP contribution in [0.2, 0.25) is 0 Å². The Morgan fingerprint density at radius 2 is 1.93 bits per heavy atom. The number of carbonyl (C=O) groups is 1. The van der Waals surface area contributed by atoms with Gasteiger partial charge in [0.2, 0.25) is 0 Å². The average molecular weight is 405 g/mol. The fourth-order valence-electron chi connectivity index (χ4n) is 3.05. The largest absolute Gasteiger partial charge is 0.475 e. The van der Waals surface area contributed by atoms with Crippen LogP contribution in [0.25, 0.3) is 11.3 Å². The van der Waals surface area contributed by atoms with E-state index in [1.807, 2.05) is 60.8 Å². The fraction of sp³-hybridized carbons (Fsp3) is 0.292. The van der Waals surface area contributed by atoms with Gasteiger partial charge in [0, 0.05) is 5.56 Å². The van der Waals surface area contributed by atoms with Crippen molar-refractivity contribution in [2.24, 2.45) is 0 Å². The van der Waals surface area contributed by atoms with Gasteiger partial charge in [0.05, 0.1) is 19.3 Å². The second-order valence-corrected chi connectivity index (χ2v) is 7.44. The first kappa shape index (κ1) is 21.3. The van der Waals surface area contributed by atoms with E-state index in [4.69, 9.17) is 9.47 Å². The van der Waals surface area contributed by atoms with Crippen LogP contribution < -0.4 is 4.74 Å². The summed E-state index contributed by atoms with van der Waals surface area (Å²) < 4.78 is 13.0. The fourth-order valence-corrected chi connectivity index (χ4v) is 3.05. The second-order valence-electron chi connectivity index (χ2n) is 7.44. The first-order valence-corrected chi connectivity index (χ1v) is 9.97. The summed E-state index contributed by atoms with van der Waals surface area (Å²) in [6.07, 6.45) is 4.44. The minimum absolute atomic E-state index is 0.296. The topological polar surface area (TPSA) is 66.2 Å². The molecule has 3 rings (SSSR count). The third-order valence-electron chi connectivity index (χ3n) is 4.56. The lowest BCUT2D eigenvalue weighted by Gasteiger charge is -2.25. The quantitative estimate of drug-likeness (QED) is 0.389. The van der Waals surface area contributed by atoms with E-state index in [0.717, 1.165) is 16.7 Å². The highest BCUT2D eigenvalue weighted by Gasteiger charge is 2.32. The van der Waals surface area contributed by atoms with Crippen molar-refractivity contribution >= 4 is 5.97 Å². The van der Waals surface area contributed by atoms with E-state index in [2.05, 4.69) is 16.9 Å². The highest BCUT2D eigenvalue weighted by Crippen LogP contribution is 2.33. The summed E-state index contributed by atoms with van der Waals surface area (Å²) in [6.45, 7) is 9.88. The van der Waals surface area contributed by atoms with Crippen molar-refractivity contribution < 1.29 is 14.3 Å². The number of hydrogen-bond acceptors (Lipinski definition) is 5. The predicted molar refractivity (Wildman–Crippen MR) is 116 cm³/mol. The van der Waals surface area contributed by atoms with Crippen LogP contribution in [0.4, 0.5) is 0 Å². The molecule has 156 valence electrons. The van der Waals surface area contributed by atoms with Crippen LogP contribution in [0.1, 0.15) is 31.9 Å². The van der Waals surface area contributed by atoms with E-state index in [0.29, 0.717) is 31.0 Å². The number of hydrogen-bond donors (Lipinski definition) is 0. The van der Waals surface area contributed by atoms with Gasteiger partial charge in [-0.25, -0.2) is 9.48 Å². The molecule has 1 heterocycles. The smallest absolute Gasteiger partial charge is 0.349 e. The lowest BCUT2D eigenvalue weighted by molar-refractivity contribution is -0.158. The molecule has 0 saturated heterocycles. The van der Waals surface area contributed by atoms with Gasteiger partial charge in [0.1, 0.15) is 11.4 Å². The Kier molecular flexibility index (Phi) is 6.67. The van der Waals surface area contributed by atoms with Gasteiger partial charge >= 0.3 is 5.97 Å². The van der Waals surface area contributed by atoms with Crippen molar-refractivity contribution in [2.45, 2.75) is 39.3 Å². The van der Waals surface area contributed by atoms with E-state index < -0.39 is 11.6 Å². The van der Waals surface area contributed by atoms with Crippen molar-refractivity contribution in [3.05, 3.63) is 78.5 Å². The zero-order valence-electron chi connectivity index (χ0n) is 17.7. The molecule has 6 heteroatoms. The molecule has 0 N–H and O–H groups in total. The van der Waals surface area contributed by atoms with Crippen LogP contribution in [0.5, 0.6) is 5.75 Å². The first-order valence-electron chi connectivity index (χ1n) is 9.97. The maximum absolute atomic E-state index is 12.3. The zero-order valence-corrected chi connectivity index (χ0v) is 17.7. The van der Waals surface area contributed by atoms with Gasteiger partial charge in [-0.15, -0.1) is 11.7 Å². The van der Waals surface area contributed by atoms with Gasteiger partial charge in [0.15, 0.2) is 5.60 Å². The van der Waals surface area contributed by atoms with Crippen molar-refractivity contribution in [1.82, 2.24) is 15.0 Å². The normalized spacial score (nSPS) is 11.2. The minimum Gasteiger partial charge on any atom is -0.475 e. The van der Waals surface area contributed by atoms with Gasteiger partial charge in [0.25, 0.3) is 0 Å². The standard InChI is InChI=1S/C24H27N3O3/c1-5-10-18-13-14-22(30-24(3,4)23(28)29-6-2)20(15-18)21-17-27(26-25-21)16-19-11-8-7-9-12-19/h5,7-9,11-15,17H,1,6,10,16H2,2-4H3. The number of ether oxygens (including phenoxy) is 2. The van der Waals surface area contributed by atoms with E-state index >= 15 is 0 Å². The molecule has 0 spiro atoms. The maximum atomic E-state index is 12.3. The molecule has 30 heavy (non-hydrogen) atoms. The number of nitrogens with zero attached hydrogens (tertiary/aromatic N) is 3. The SMILES string of the molecule is C=CCc1ccc(OC(C)(C)C(=O)OCC)c(-c2cn(Cc3ccccc3)nn2)c1. The summed E-state index contributed by atoms with van der Waals surface area (Å²) in [6, 6.07) is 15.9. The molecule has 0 radical (unpaired) electrons. The number of aromatic nitrogens is 3. The molecule has 0 amide bonds. The third kappa shape index (κ3) is 5.14. The number of carbonyl (C=O) groups excluding carboxylic acids is 1. The molecule has 0 bridgehead atoms. The number of esters is 1. The van der Waals surface area contributed by atoms with E-state index in [1.165, 1.54) is 0 Å². The summed E-state index contributed by atoms with van der Waals surface area (Å²) in [5.41, 5.74) is 2.51. The Morgan fingerprint density at radius 3 is 2.63 bits per heavy atom. The number of benzene rings is 2. The van der Waals surface area contributed by atoms with Crippen LogP contribution in [0.15, 0.2) is 67.4 Å². The van der Waals surface area contributed by atoms with Gasteiger partial charge in [-0.3, -0.25) is 0 Å². The van der Waals surface area contributed by atoms with Crippen LogP contribution in [-0.4, -0.2) is 33.2 Å². The van der Waals surface area contributed by atoms with Crippen molar-refractivity contribution in [3.63, 3.8) is 0 Å². The Bertz CT molecular complexity index is 1010. The molecule has 0 aliphatic heterocycles. The third-order valence-corrected chi connectivity index (χ3v) is 4.56. The van der Waals surface area contributed by atoms with Crippen molar-refractivity contribution in [2.75, 3.05) is 6.61 Å². The van der Waals surface area contributed by atoms with Gasteiger partial charge in [-0.1, -0.05) is 47.7 Å². The summed E-state index contributed by atoms with van der Waals surface area (Å²) in [7, 11) is 0. The molecule has 2 aromatic carbocycles. The molecule has 0 saturated carbocycles. The van der Waals surface area contributed by atoms with Gasteiger partial charge in [-0.05, 0) is 50.5 Å². The molecule has 0 atom stereocenters. The molecule has 3 aromatic rings. The Hall–Kier alpha value is -3.41. The monoisotopic (exact) mass is 405 g/mol. The molecule has 0 fully saturated rings. The molecular weight excluding hydrogens is 378 g/mol. The molecule has 0 unspecified atom stereocenters. The van der Waals surface area contributed by atoms with E-state index in [-0.39, 0.29) is 0 Å². The Morgan fingerprint density at radius 1 is 1.17 bits per heavy atom. The number of rotatable bonds is 9. The highest BCUT2D eigenvalue weighted by molar-refractivity contribution is 5.79. The molecular formula is C24H27N3O3. The molecule has 0 aliphatic rings. The zero-order chi connectivity index (χ0) is 21.6. The Balaban J connectivity index is 1.93. The van der Waals surface area contributed by atoms with E-state index in [1.54, 1.807) is 25.5 Å². The van der Waals surface area contributed by atoms with Crippen LogP contribution in [-0.2, 0) is 22.5 Å². The predicted octanol–water partition coefficient (Wildman–Crippen LogP) is 4.44. The van der Waals surface area contributed by atoms with Crippen LogP contribution in [0.3, 0.4) is 0 Å². The Labute approximate surface area is 177 Å². The van der Waals surface area contributed by atoms with Crippen molar-refractivity contribution in [1.29, 1.82) is 0 Å². The second kappa shape index (κ2) is 9.39. The molecule has 1 aromatic heterocycles. The molecule has 6 nitrogen and oxygen atoms in total. The lowest BCUT2D eigenvalue weighted by atomic mass is 10.0. The average Bonchev–Trinajstić information content (AvgIpc) is 3.18. The summed E-state index contributed by atoms with van der Waals surface area (Å²) in [5, 5.41) is 8.61. The maximum Gasteiger partial charge on any atom is 0.349 e. The number of allylic oxidation sites excluding steroid dienone is 1. The molecule has 0 aliphatic carbocycles. The van der Waals surface area contributed by atoms with Gasteiger partial charge in [-0.2, -0.15) is 0 Å². The van der Waals surface area contributed by atoms with E-state index in [9.17, 15) is 4.79 Å². The summed E-state index contributed by atoms with van der Waals surface area (Å²) >= 11 is 0. The van der Waals surface area contributed by atoms with Gasteiger partial charge < -0.3 is 9.47 Å².